The van der Waals surface area contributed by atoms with Crippen LogP contribution in [0.15, 0.2) is 54.6 Å². The molecule has 1 N–H and O–H groups in total. The van der Waals surface area contributed by atoms with Gasteiger partial charge < -0.3 is 14.8 Å². The molecule has 1 aliphatic carbocycles. The minimum absolute atomic E-state index is 0.109. The van der Waals surface area contributed by atoms with Crippen molar-refractivity contribution in [2.75, 3.05) is 14.2 Å². The van der Waals surface area contributed by atoms with E-state index in [-0.39, 0.29) is 5.97 Å². The fourth-order valence-corrected chi connectivity index (χ4v) is 4.74. The minimum atomic E-state index is -0.109. The molecule has 1 aliphatic rings. The second-order valence-electron chi connectivity index (χ2n) is 8.51. The van der Waals surface area contributed by atoms with Crippen molar-refractivity contribution in [2.45, 2.75) is 57.5 Å². The maximum absolute atomic E-state index is 11.8. The highest BCUT2D eigenvalue weighted by molar-refractivity contribution is 5.69. The van der Waals surface area contributed by atoms with Crippen LogP contribution in [0.3, 0.4) is 0 Å². The topological polar surface area (TPSA) is 47.6 Å². The fourth-order valence-electron chi connectivity index (χ4n) is 4.74. The van der Waals surface area contributed by atoms with Crippen molar-refractivity contribution in [3.63, 3.8) is 0 Å². The van der Waals surface area contributed by atoms with Gasteiger partial charge in [0.05, 0.1) is 14.2 Å². The molecule has 0 aliphatic heterocycles. The number of nitrogens with one attached hydrogen (secondary N) is 1. The van der Waals surface area contributed by atoms with Gasteiger partial charge in [-0.1, -0.05) is 42.5 Å². The summed E-state index contributed by atoms with van der Waals surface area (Å²) < 4.78 is 10.2. The number of carbonyl (C=O) groups is 1. The average molecular weight is 410 g/mol. The van der Waals surface area contributed by atoms with E-state index in [2.05, 4.69) is 54.7 Å². The first-order chi connectivity index (χ1) is 14.6. The molecule has 0 spiro atoms. The number of esters is 1. The summed E-state index contributed by atoms with van der Waals surface area (Å²) in [4.78, 5) is 11.8. The van der Waals surface area contributed by atoms with E-state index in [1.54, 1.807) is 7.11 Å². The van der Waals surface area contributed by atoms with Crippen LogP contribution in [0.2, 0.25) is 0 Å². The Morgan fingerprint density at radius 1 is 1.07 bits per heavy atom. The molecule has 1 fully saturated rings. The molecule has 0 radical (unpaired) electrons. The van der Waals surface area contributed by atoms with Gasteiger partial charge in [0.2, 0.25) is 0 Å². The number of hydrogen-bond acceptors (Lipinski definition) is 4. The Morgan fingerprint density at radius 2 is 1.80 bits per heavy atom. The van der Waals surface area contributed by atoms with Gasteiger partial charge >= 0.3 is 5.97 Å². The van der Waals surface area contributed by atoms with Crippen LogP contribution in [0.4, 0.5) is 0 Å². The van der Waals surface area contributed by atoms with E-state index in [1.165, 1.54) is 24.7 Å². The highest BCUT2D eigenvalue weighted by Crippen LogP contribution is 2.35. The number of benzene rings is 2. The van der Waals surface area contributed by atoms with Gasteiger partial charge in [0, 0.05) is 18.5 Å². The van der Waals surface area contributed by atoms with Crippen LogP contribution in [0.5, 0.6) is 5.75 Å². The van der Waals surface area contributed by atoms with Gasteiger partial charge in [-0.25, -0.2) is 0 Å². The first-order valence-corrected chi connectivity index (χ1v) is 11.1. The van der Waals surface area contributed by atoms with Crippen molar-refractivity contribution in [1.29, 1.82) is 0 Å². The standard InChI is InChI=1S/C26H35NO3/c1-19(22-7-5-4-6-8-22)27-25-15-11-21(18-23(25)12-16-26(28)30-3)17-20-9-13-24(29-2)14-10-20/h4-10,13-14,19,21,23,25,27H,11-12,15-18H2,1-3H3/t19-,21-,23+,25-/m1/s1. The molecule has 0 saturated heterocycles. The predicted molar refractivity (Wildman–Crippen MR) is 121 cm³/mol. The Morgan fingerprint density at radius 3 is 2.47 bits per heavy atom. The maximum atomic E-state index is 11.8. The third-order valence-electron chi connectivity index (χ3n) is 6.49. The molecular formula is C26H35NO3. The van der Waals surface area contributed by atoms with Crippen molar-refractivity contribution in [2.24, 2.45) is 11.8 Å². The number of rotatable bonds is 9. The summed E-state index contributed by atoms with van der Waals surface area (Å²) in [5, 5.41) is 3.86. The number of hydrogen-bond donors (Lipinski definition) is 1. The van der Waals surface area contributed by atoms with Gasteiger partial charge in [0.1, 0.15) is 5.75 Å². The van der Waals surface area contributed by atoms with Crippen LogP contribution in [-0.4, -0.2) is 26.2 Å². The van der Waals surface area contributed by atoms with E-state index in [9.17, 15) is 4.79 Å². The lowest BCUT2D eigenvalue weighted by Gasteiger charge is -2.38. The van der Waals surface area contributed by atoms with E-state index in [1.807, 2.05) is 12.1 Å². The molecule has 3 rings (SSSR count). The van der Waals surface area contributed by atoms with E-state index < -0.39 is 0 Å². The molecular weight excluding hydrogens is 374 g/mol. The number of carbonyl (C=O) groups excluding carboxylic acids is 1. The fraction of sp³-hybridized carbons (Fsp3) is 0.500. The summed E-state index contributed by atoms with van der Waals surface area (Å²) in [6.07, 6.45) is 5.95. The first kappa shape index (κ1) is 22.4. The third kappa shape index (κ3) is 6.33. The first-order valence-electron chi connectivity index (χ1n) is 11.1. The molecule has 4 atom stereocenters. The molecule has 2 aromatic rings. The lowest BCUT2D eigenvalue weighted by Crippen LogP contribution is -2.42. The molecule has 4 nitrogen and oxygen atoms in total. The molecule has 0 bridgehead atoms. The van der Waals surface area contributed by atoms with Crippen LogP contribution < -0.4 is 10.1 Å². The summed E-state index contributed by atoms with van der Waals surface area (Å²) in [5.41, 5.74) is 2.67. The lowest BCUT2D eigenvalue weighted by atomic mass is 9.73. The average Bonchev–Trinajstić information content (AvgIpc) is 2.79. The van der Waals surface area contributed by atoms with Gasteiger partial charge in [-0.2, -0.15) is 0 Å². The van der Waals surface area contributed by atoms with Crippen molar-refractivity contribution < 1.29 is 14.3 Å². The zero-order chi connectivity index (χ0) is 21.3. The molecule has 1 saturated carbocycles. The summed E-state index contributed by atoms with van der Waals surface area (Å²) in [6.45, 7) is 2.23. The van der Waals surface area contributed by atoms with Crippen molar-refractivity contribution >= 4 is 5.97 Å². The van der Waals surface area contributed by atoms with E-state index in [0.717, 1.165) is 31.4 Å². The molecule has 0 unspecified atom stereocenters. The molecule has 162 valence electrons. The minimum Gasteiger partial charge on any atom is -0.497 e. The monoisotopic (exact) mass is 409 g/mol. The molecule has 2 aromatic carbocycles. The van der Waals surface area contributed by atoms with Gasteiger partial charge in [-0.3, -0.25) is 4.79 Å². The Kier molecular flexibility index (Phi) is 8.32. The van der Waals surface area contributed by atoms with Crippen LogP contribution in [0, 0.1) is 11.8 Å². The molecule has 0 amide bonds. The highest BCUT2D eigenvalue weighted by Gasteiger charge is 2.31. The van der Waals surface area contributed by atoms with Gasteiger partial charge in [0.25, 0.3) is 0 Å². The van der Waals surface area contributed by atoms with Crippen molar-refractivity contribution in [3.8, 4) is 5.75 Å². The van der Waals surface area contributed by atoms with Crippen LogP contribution in [0.25, 0.3) is 0 Å². The molecule has 0 heterocycles. The second kappa shape index (κ2) is 11.2. The largest absolute Gasteiger partial charge is 0.497 e. The Bertz CT molecular complexity index is 775. The maximum Gasteiger partial charge on any atom is 0.305 e. The summed E-state index contributed by atoms with van der Waals surface area (Å²) in [6, 6.07) is 19.7. The van der Waals surface area contributed by atoms with E-state index >= 15 is 0 Å². The van der Waals surface area contributed by atoms with E-state index in [4.69, 9.17) is 9.47 Å². The van der Waals surface area contributed by atoms with Crippen LogP contribution in [-0.2, 0) is 16.0 Å². The predicted octanol–water partition coefficient (Wildman–Crippen LogP) is 5.33. The Labute approximate surface area is 181 Å². The SMILES string of the molecule is COC(=O)CC[C@H]1C[C@@H](Cc2ccc(OC)cc2)CC[C@H]1N[C@H](C)c1ccccc1. The molecule has 30 heavy (non-hydrogen) atoms. The van der Waals surface area contributed by atoms with Crippen LogP contribution >= 0.6 is 0 Å². The number of methoxy groups -OCH3 is 2. The second-order valence-corrected chi connectivity index (χ2v) is 8.51. The smallest absolute Gasteiger partial charge is 0.305 e. The lowest BCUT2D eigenvalue weighted by molar-refractivity contribution is -0.141. The van der Waals surface area contributed by atoms with Crippen LogP contribution in [0.1, 0.15) is 56.2 Å². The summed E-state index contributed by atoms with van der Waals surface area (Å²) >= 11 is 0. The summed E-state index contributed by atoms with van der Waals surface area (Å²) in [5.74, 6) is 1.91. The molecule has 0 aromatic heterocycles. The zero-order valence-electron chi connectivity index (χ0n) is 18.5. The van der Waals surface area contributed by atoms with Gasteiger partial charge in [-0.15, -0.1) is 0 Å². The zero-order valence-corrected chi connectivity index (χ0v) is 18.5. The summed E-state index contributed by atoms with van der Waals surface area (Å²) in [7, 11) is 3.18. The third-order valence-corrected chi connectivity index (χ3v) is 6.49. The Balaban J connectivity index is 1.63. The van der Waals surface area contributed by atoms with Gasteiger partial charge in [-0.05, 0) is 74.1 Å². The normalized spacial score (nSPS) is 22.3. The van der Waals surface area contributed by atoms with Gasteiger partial charge in [0.15, 0.2) is 0 Å². The molecule has 4 heteroatoms. The van der Waals surface area contributed by atoms with Crippen molar-refractivity contribution in [3.05, 3.63) is 65.7 Å². The quantitative estimate of drug-likeness (QED) is 0.569. The van der Waals surface area contributed by atoms with E-state index in [0.29, 0.717) is 30.3 Å². The highest BCUT2D eigenvalue weighted by atomic mass is 16.5. The van der Waals surface area contributed by atoms with Crippen molar-refractivity contribution in [1.82, 2.24) is 5.32 Å². The number of ether oxygens (including phenoxy) is 2. The Hall–Kier alpha value is -2.33.